The molecule has 0 bridgehead atoms. The van der Waals surface area contributed by atoms with Crippen LogP contribution in [0, 0.1) is 5.92 Å². The number of rotatable bonds is 1. The second-order valence-electron chi connectivity index (χ2n) is 4.00. The topological polar surface area (TPSA) is 20.3 Å². The maximum absolute atomic E-state index is 11.5. The van der Waals surface area contributed by atoms with Crippen LogP contribution in [0.2, 0.25) is 0 Å². The van der Waals surface area contributed by atoms with E-state index >= 15 is 0 Å². The van der Waals surface area contributed by atoms with Crippen molar-refractivity contribution in [2.24, 2.45) is 5.92 Å². The van der Waals surface area contributed by atoms with E-state index in [0.717, 1.165) is 6.54 Å². The Bertz CT molecular complexity index is 218. The molecule has 1 aliphatic rings. The lowest BCUT2D eigenvalue weighted by Crippen LogP contribution is -2.45. The van der Waals surface area contributed by atoms with Gasteiger partial charge in [-0.05, 0) is 26.0 Å². The first-order valence-electron chi connectivity index (χ1n) is 4.43. The Balaban J connectivity index is 2.83. The van der Waals surface area contributed by atoms with Gasteiger partial charge < -0.3 is 0 Å². The first kappa shape index (κ1) is 9.46. The smallest absolute Gasteiger partial charge is 0.173 e. The predicted molar refractivity (Wildman–Crippen MR) is 50.0 cm³/mol. The summed E-state index contributed by atoms with van der Waals surface area (Å²) < 4.78 is 0. The van der Waals surface area contributed by atoms with E-state index in [1.807, 2.05) is 14.0 Å². The molecule has 2 heteroatoms. The van der Waals surface area contributed by atoms with Crippen LogP contribution >= 0.6 is 0 Å². The minimum Gasteiger partial charge on any atom is -0.293 e. The lowest BCUT2D eigenvalue weighted by Gasteiger charge is -2.32. The Morgan fingerprint density at radius 3 is 2.58 bits per heavy atom. The minimum atomic E-state index is 0.0914. The van der Waals surface area contributed by atoms with Gasteiger partial charge in [0.1, 0.15) is 0 Å². The maximum Gasteiger partial charge on any atom is 0.173 e. The summed E-state index contributed by atoms with van der Waals surface area (Å²) in [6.45, 7) is 7.11. The fourth-order valence-electron chi connectivity index (χ4n) is 1.92. The lowest BCUT2D eigenvalue weighted by molar-refractivity contribution is -0.121. The highest BCUT2D eigenvalue weighted by molar-refractivity contribution is 5.95. The molecule has 68 valence electrons. The van der Waals surface area contributed by atoms with Crippen LogP contribution in [0.1, 0.15) is 20.8 Å². The van der Waals surface area contributed by atoms with Gasteiger partial charge >= 0.3 is 0 Å². The van der Waals surface area contributed by atoms with Gasteiger partial charge in [0.05, 0.1) is 6.04 Å². The van der Waals surface area contributed by atoms with Crippen LogP contribution in [0.25, 0.3) is 0 Å². The van der Waals surface area contributed by atoms with E-state index in [2.05, 4.69) is 18.7 Å². The molecule has 1 atom stereocenters. The van der Waals surface area contributed by atoms with Crippen molar-refractivity contribution in [2.45, 2.75) is 26.8 Å². The van der Waals surface area contributed by atoms with Gasteiger partial charge in [0.15, 0.2) is 5.78 Å². The van der Waals surface area contributed by atoms with Gasteiger partial charge in [-0.3, -0.25) is 9.69 Å². The molecular formula is C10H17NO. The van der Waals surface area contributed by atoms with Gasteiger partial charge in [0, 0.05) is 6.54 Å². The molecule has 0 aliphatic carbocycles. The Morgan fingerprint density at radius 2 is 2.17 bits per heavy atom. The van der Waals surface area contributed by atoms with Crippen LogP contribution in [0.3, 0.4) is 0 Å². The van der Waals surface area contributed by atoms with Crippen molar-refractivity contribution in [3.05, 3.63) is 11.6 Å². The molecule has 12 heavy (non-hydrogen) atoms. The van der Waals surface area contributed by atoms with Crippen LogP contribution in [-0.2, 0) is 4.79 Å². The van der Waals surface area contributed by atoms with Crippen LogP contribution in [0.5, 0.6) is 0 Å². The molecule has 0 radical (unpaired) electrons. The number of nitrogens with zero attached hydrogens (tertiary/aromatic N) is 1. The highest BCUT2D eigenvalue weighted by Gasteiger charge is 2.28. The molecule has 1 heterocycles. The first-order valence-corrected chi connectivity index (χ1v) is 4.43. The average Bonchev–Trinajstić information content (AvgIpc) is 1.82. The van der Waals surface area contributed by atoms with E-state index < -0.39 is 0 Å². The maximum atomic E-state index is 11.5. The largest absolute Gasteiger partial charge is 0.293 e. The van der Waals surface area contributed by atoms with Crippen molar-refractivity contribution in [2.75, 3.05) is 13.6 Å². The van der Waals surface area contributed by atoms with Crippen LogP contribution < -0.4 is 0 Å². The van der Waals surface area contributed by atoms with E-state index in [1.165, 1.54) is 5.57 Å². The zero-order valence-corrected chi connectivity index (χ0v) is 8.29. The number of ketones is 1. The molecule has 1 rings (SSSR count). The summed E-state index contributed by atoms with van der Waals surface area (Å²) in [5.41, 5.74) is 1.17. The van der Waals surface area contributed by atoms with Crippen LogP contribution in [-0.4, -0.2) is 30.3 Å². The number of carbonyl (C=O) groups is 1. The van der Waals surface area contributed by atoms with Crippen LogP contribution in [0.15, 0.2) is 11.6 Å². The molecule has 0 aromatic rings. The van der Waals surface area contributed by atoms with Crippen molar-refractivity contribution < 1.29 is 4.79 Å². The zero-order valence-electron chi connectivity index (χ0n) is 8.29. The van der Waals surface area contributed by atoms with E-state index in [-0.39, 0.29) is 11.8 Å². The van der Waals surface area contributed by atoms with Crippen molar-refractivity contribution in [1.82, 2.24) is 4.90 Å². The quantitative estimate of drug-likeness (QED) is 0.589. The Labute approximate surface area is 74.2 Å². The summed E-state index contributed by atoms with van der Waals surface area (Å²) in [7, 11) is 2.01. The molecule has 0 aromatic heterocycles. The van der Waals surface area contributed by atoms with Crippen molar-refractivity contribution in [1.29, 1.82) is 0 Å². The summed E-state index contributed by atoms with van der Waals surface area (Å²) in [5.74, 6) is 0.670. The molecule has 0 fully saturated rings. The second kappa shape index (κ2) is 3.40. The fraction of sp³-hybridized carbons (Fsp3) is 0.700. The van der Waals surface area contributed by atoms with Gasteiger partial charge in [0.25, 0.3) is 0 Å². The van der Waals surface area contributed by atoms with E-state index in [0.29, 0.717) is 5.92 Å². The molecule has 0 saturated carbocycles. The van der Waals surface area contributed by atoms with E-state index in [4.69, 9.17) is 0 Å². The second-order valence-corrected chi connectivity index (χ2v) is 4.00. The van der Waals surface area contributed by atoms with Crippen molar-refractivity contribution >= 4 is 5.78 Å². The van der Waals surface area contributed by atoms with Gasteiger partial charge in [0.2, 0.25) is 0 Å². The summed E-state index contributed by atoms with van der Waals surface area (Å²) >= 11 is 0. The zero-order chi connectivity index (χ0) is 9.30. The van der Waals surface area contributed by atoms with Gasteiger partial charge in [-0.25, -0.2) is 0 Å². The standard InChI is InChI=1S/C10H17NO/c1-7(2)10-9(12)5-8(3)6-11(10)4/h5,7,10H,6H2,1-4H3/t10-/m1/s1. The SMILES string of the molecule is CC1=CC(=O)[C@@H](C(C)C)N(C)C1. The lowest BCUT2D eigenvalue weighted by atomic mass is 9.93. The van der Waals surface area contributed by atoms with Crippen molar-refractivity contribution in [3.8, 4) is 0 Å². The van der Waals surface area contributed by atoms with Gasteiger partial charge in [-0.1, -0.05) is 19.4 Å². The molecule has 0 N–H and O–H groups in total. The molecule has 0 amide bonds. The minimum absolute atomic E-state index is 0.0914. The summed E-state index contributed by atoms with van der Waals surface area (Å²) in [4.78, 5) is 13.7. The number of hydrogen-bond acceptors (Lipinski definition) is 2. The van der Waals surface area contributed by atoms with Crippen molar-refractivity contribution in [3.63, 3.8) is 0 Å². The molecule has 2 nitrogen and oxygen atoms in total. The number of likely N-dealkylation sites (N-methyl/N-ethyl adjacent to an activating group) is 1. The third-order valence-corrected chi connectivity index (χ3v) is 2.29. The summed E-state index contributed by atoms with van der Waals surface area (Å²) in [6, 6.07) is 0.0914. The number of carbonyl (C=O) groups excluding carboxylic acids is 1. The Morgan fingerprint density at radius 1 is 1.58 bits per heavy atom. The fourth-order valence-corrected chi connectivity index (χ4v) is 1.92. The average molecular weight is 167 g/mol. The van der Waals surface area contributed by atoms with E-state index in [1.54, 1.807) is 6.08 Å². The van der Waals surface area contributed by atoms with Crippen LogP contribution in [0.4, 0.5) is 0 Å². The monoisotopic (exact) mass is 167 g/mol. The Hall–Kier alpha value is -0.630. The highest BCUT2D eigenvalue weighted by atomic mass is 16.1. The third kappa shape index (κ3) is 1.75. The normalized spacial score (nSPS) is 26.2. The third-order valence-electron chi connectivity index (χ3n) is 2.29. The molecule has 0 aromatic carbocycles. The Kier molecular flexibility index (Phi) is 2.68. The molecule has 1 aliphatic heterocycles. The molecule has 0 unspecified atom stereocenters. The molecule has 0 spiro atoms. The molecule has 0 saturated heterocycles. The first-order chi connectivity index (χ1) is 5.52. The summed E-state index contributed by atoms with van der Waals surface area (Å²) in [6.07, 6.45) is 1.78. The molecular weight excluding hydrogens is 150 g/mol. The summed E-state index contributed by atoms with van der Waals surface area (Å²) in [5, 5.41) is 0. The van der Waals surface area contributed by atoms with Gasteiger partial charge in [-0.15, -0.1) is 0 Å². The predicted octanol–water partition coefficient (Wildman–Crippen LogP) is 1.47. The number of hydrogen-bond donors (Lipinski definition) is 0. The highest BCUT2D eigenvalue weighted by Crippen LogP contribution is 2.17. The van der Waals surface area contributed by atoms with Gasteiger partial charge in [-0.2, -0.15) is 0 Å². The van der Waals surface area contributed by atoms with E-state index in [9.17, 15) is 4.79 Å².